The molecule has 1 fully saturated rings. The summed E-state index contributed by atoms with van der Waals surface area (Å²) in [4.78, 5) is 14.2. The lowest BCUT2D eigenvalue weighted by molar-refractivity contribution is 0.0393. The van der Waals surface area contributed by atoms with Gasteiger partial charge >= 0.3 is 0 Å². The number of guanidine groups is 1. The highest BCUT2D eigenvalue weighted by Crippen LogP contribution is 2.33. The number of anilines is 2. The summed E-state index contributed by atoms with van der Waals surface area (Å²) >= 11 is 6.74. The third kappa shape index (κ3) is 5.65. The number of benzene rings is 1. The van der Waals surface area contributed by atoms with Gasteiger partial charge in [0.15, 0.2) is 5.65 Å². The Bertz CT molecular complexity index is 1660. The van der Waals surface area contributed by atoms with Crippen LogP contribution in [0.4, 0.5) is 11.4 Å². The minimum atomic E-state index is 0.448. The molecule has 0 spiro atoms. The second-order valence-electron chi connectivity index (χ2n) is 10.1. The molecule has 0 unspecified atom stereocenters. The number of nitrogens with one attached hydrogen (secondary N) is 1. The molecule has 0 radical (unpaired) electrons. The summed E-state index contributed by atoms with van der Waals surface area (Å²) in [5, 5.41) is 13.3. The van der Waals surface area contributed by atoms with Gasteiger partial charge in [0.1, 0.15) is 23.3 Å². The Balaban J connectivity index is 1.23. The standard InChI is InChI=1S/C29H33ClN8O3/c1-36(8-9-37-10-12-41-13-11-37)21-6-4-20(5-7-21)33-29-31-17-19-14-24(28-35-32-18-38(28)27(19)34-29)23-15-22(39-2)16-25(40-3)26(23)30/h4-7,14,16,18H,8-13,15,17H2,1-3H3,(H,31,33). The van der Waals surface area contributed by atoms with Crippen LogP contribution in [0.15, 0.2) is 69.3 Å². The van der Waals surface area contributed by atoms with E-state index in [9.17, 15) is 0 Å². The quantitative estimate of drug-likeness (QED) is 0.457. The van der Waals surface area contributed by atoms with Crippen molar-refractivity contribution in [3.05, 3.63) is 75.6 Å². The van der Waals surface area contributed by atoms with E-state index in [1.165, 1.54) is 0 Å². The second-order valence-corrected chi connectivity index (χ2v) is 10.5. The van der Waals surface area contributed by atoms with Crippen LogP contribution >= 0.6 is 11.6 Å². The van der Waals surface area contributed by atoms with Crippen LogP contribution in [0.2, 0.25) is 0 Å². The molecular weight excluding hydrogens is 544 g/mol. The first-order valence-electron chi connectivity index (χ1n) is 13.6. The van der Waals surface area contributed by atoms with Crippen LogP contribution in [0.3, 0.4) is 0 Å². The first-order valence-corrected chi connectivity index (χ1v) is 14.0. The zero-order chi connectivity index (χ0) is 28.3. The van der Waals surface area contributed by atoms with Crippen molar-refractivity contribution in [1.82, 2.24) is 19.5 Å². The lowest BCUT2D eigenvalue weighted by Crippen LogP contribution is -2.40. The Labute approximate surface area is 243 Å². The van der Waals surface area contributed by atoms with Gasteiger partial charge in [-0.25, -0.2) is 4.99 Å². The second kappa shape index (κ2) is 11.9. The largest absolute Gasteiger partial charge is 0.501 e. The van der Waals surface area contributed by atoms with Crippen LogP contribution in [0.1, 0.15) is 12.0 Å². The number of ether oxygens (including phenoxy) is 3. The molecular formula is C29H33ClN8O3. The van der Waals surface area contributed by atoms with Crippen molar-refractivity contribution >= 4 is 40.2 Å². The molecule has 12 heteroatoms. The van der Waals surface area contributed by atoms with Gasteiger partial charge in [-0.05, 0) is 35.9 Å². The highest BCUT2D eigenvalue weighted by atomic mass is 35.5. The average molecular weight is 577 g/mol. The fourth-order valence-corrected chi connectivity index (χ4v) is 5.49. The number of aromatic nitrogens is 3. The van der Waals surface area contributed by atoms with Crippen LogP contribution in [-0.2, 0) is 20.8 Å². The van der Waals surface area contributed by atoms with Crippen molar-refractivity contribution in [1.29, 1.82) is 0 Å². The first-order chi connectivity index (χ1) is 20.0. The van der Waals surface area contributed by atoms with E-state index in [0.29, 0.717) is 35.4 Å². The molecule has 2 aliphatic heterocycles. The summed E-state index contributed by atoms with van der Waals surface area (Å²) in [5.74, 6) is 1.83. The number of likely N-dealkylation sites (N-methyl/N-ethyl adjacent to an activating group) is 1. The van der Waals surface area contributed by atoms with Gasteiger partial charge < -0.3 is 24.4 Å². The van der Waals surface area contributed by atoms with Crippen molar-refractivity contribution in [3.63, 3.8) is 0 Å². The first kappa shape index (κ1) is 27.3. The van der Waals surface area contributed by atoms with E-state index in [1.807, 2.05) is 22.6 Å². The molecule has 4 heterocycles. The molecule has 1 saturated heterocycles. The third-order valence-corrected chi connectivity index (χ3v) is 8.00. The van der Waals surface area contributed by atoms with Crippen LogP contribution in [0.5, 0.6) is 0 Å². The predicted octanol–water partition coefficient (Wildman–Crippen LogP) is 2.28. The maximum absolute atomic E-state index is 6.74. The number of rotatable bonds is 7. The van der Waals surface area contributed by atoms with E-state index in [0.717, 1.165) is 78.4 Å². The molecule has 3 aromatic rings. The number of methoxy groups -OCH3 is 2. The number of fused-ring (bicyclic) bond motifs is 3. The van der Waals surface area contributed by atoms with Crippen molar-refractivity contribution in [2.45, 2.75) is 13.0 Å². The molecule has 0 saturated carbocycles. The number of hydrogen-bond donors (Lipinski definition) is 1. The molecule has 0 atom stereocenters. The summed E-state index contributed by atoms with van der Waals surface area (Å²) in [6.07, 6.45) is 3.98. The minimum absolute atomic E-state index is 0.448. The summed E-state index contributed by atoms with van der Waals surface area (Å²) in [5.41, 5.74) is 5.26. The van der Waals surface area contributed by atoms with E-state index in [2.05, 4.69) is 44.5 Å². The van der Waals surface area contributed by atoms with Crippen molar-refractivity contribution in [2.24, 2.45) is 9.98 Å². The number of nitrogens with zero attached hydrogens (tertiary/aromatic N) is 7. The molecule has 214 valence electrons. The Morgan fingerprint density at radius 1 is 1.12 bits per heavy atom. The van der Waals surface area contributed by atoms with Crippen LogP contribution < -0.4 is 20.9 Å². The summed E-state index contributed by atoms with van der Waals surface area (Å²) in [6.45, 7) is 6.07. The molecule has 6 rings (SSSR count). The molecule has 0 bridgehead atoms. The van der Waals surface area contributed by atoms with E-state index in [-0.39, 0.29) is 0 Å². The Morgan fingerprint density at radius 3 is 2.68 bits per heavy atom. The van der Waals surface area contributed by atoms with Gasteiger partial charge in [0, 0.05) is 67.9 Å². The topological polar surface area (TPSA) is 101 Å². The molecule has 3 aliphatic rings. The average Bonchev–Trinajstić information content (AvgIpc) is 3.51. The zero-order valence-electron chi connectivity index (χ0n) is 23.4. The van der Waals surface area contributed by atoms with Crippen molar-refractivity contribution < 1.29 is 14.2 Å². The number of hydrogen-bond acceptors (Lipinski definition) is 10. The van der Waals surface area contributed by atoms with E-state index in [1.54, 1.807) is 26.6 Å². The van der Waals surface area contributed by atoms with Gasteiger partial charge in [0.2, 0.25) is 5.96 Å². The van der Waals surface area contributed by atoms with Gasteiger partial charge in [0.05, 0.1) is 39.0 Å². The van der Waals surface area contributed by atoms with Crippen LogP contribution in [0, 0.1) is 0 Å². The summed E-state index contributed by atoms with van der Waals surface area (Å²) in [6, 6.07) is 10.4. The van der Waals surface area contributed by atoms with E-state index < -0.39 is 0 Å². The number of aliphatic imine (C=N–C) groups is 1. The molecule has 1 N–H and O–H groups in total. The SMILES string of the molecule is COC1=CC(OC)=C(Cl)C(=c2cc3c(n4cnnc24)=NC(Nc2ccc(N(C)CCN4CCOCC4)cc2)=NC3)C1. The number of morpholine rings is 1. The fraction of sp³-hybridized carbons (Fsp3) is 0.379. The third-order valence-electron chi connectivity index (χ3n) is 7.58. The van der Waals surface area contributed by atoms with Crippen molar-refractivity contribution in [3.8, 4) is 0 Å². The maximum Gasteiger partial charge on any atom is 0.224 e. The highest BCUT2D eigenvalue weighted by Gasteiger charge is 2.22. The van der Waals surface area contributed by atoms with Crippen LogP contribution in [-0.4, -0.2) is 86.1 Å². The Morgan fingerprint density at radius 2 is 1.93 bits per heavy atom. The lowest BCUT2D eigenvalue weighted by atomic mass is 10.0. The van der Waals surface area contributed by atoms with Crippen LogP contribution in [0.25, 0.3) is 11.2 Å². The molecule has 1 aliphatic carbocycles. The maximum atomic E-state index is 6.74. The van der Waals surface area contributed by atoms with E-state index >= 15 is 0 Å². The Kier molecular flexibility index (Phi) is 7.91. The summed E-state index contributed by atoms with van der Waals surface area (Å²) in [7, 11) is 5.34. The van der Waals surface area contributed by atoms with Gasteiger partial charge in [-0.1, -0.05) is 11.6 Å². The molecule has 2 aromatic heterocycles. The lowest BCUT2D eigenvalue weighted by Gasteiger charge is -2.29. The van der Waals surface area contributed by atoms with Gasteiger partial charge in [-0.15, -0.1) is 10.2 Å². The summed E-state index contributed by atoms with van der Waals surface area (Å²) < 4.78 is 18.3. The normalized spacial score (nSPS) is 18.8. The molecule has 0 amide bonds. The van der Waals surface area contributed by atoms with Crippen molar-refractivity contribution in [2.75, 3.05) is 70.9 Å². The fourth-order valence-electron chi connectivity index (χ4n) is 5.19. The molecule has 41 heavy (non-hydrogen) atoms. The number of pyridine rings is 1. The molecule has 1 aromatic carbocycles. The van der Waals surface area contributed by atoms with E-state index in [4.69, 9.17) is 35.8 Å². The molecule has 11 nitrogen and oxygen atoms in total. The minimum Gasteiger partial charge on any atom is -0.501 e. The Hall–Kier alpha value is -3.93. The predicted molar refractivity (Wildman–Crippen MR) is 159 cm³/mol. The number of halogens is 1. The number of allylic oxidation sites excluding steroid dienone is 3. The van der Waals surface area contributed by atoms with Gasteiger partial charge in [0.25, 0.3) is 0 Å². The smallest absolute Gasteiger partial charge is 0.224 e. The van der Waals surface area contributed by atoms with Gasteiger partial charge in [-0.3, -0.25) is 9.30 Å². The van der Waals surface area contributed by atoms with Gasteiger partial charge in [-0.2, -0.15) is 4.99 Å². The monoisotopic (exact) mass is 576 g/mol. The zero-order valence-corrected chi connectivity index (χ0v) is 24.2. The highest BCUT2D eigenvalue weighted by molar-refractivity contribution is 6.36.